The number of anilines is 1. The van der Waals surface area contributed by atoms with E-state index in [0.717, 1.165) is 12.1 Å². The molecule has 0 aliphatic rings. The van der Waals surface area contributed by atoms with Crippen molar-refractivity contribution in [1.82, 2.24) is 9.13 Å². The molecule has 0 atom stereocenters. The molecule has 1 N–H and O–H groups in total. The van der Waals surface area contributed by atoms with Crippen LogP contribution in [0, 0.1) is 11.6 Å². The third-order valence-electron chi connectivity index (χ3n) is 3.50. The van der Waals surface area contributed by atoms with Crippen LogP contribution < -0.4 is 11.0 Å². The van der Waals surface area contributed by atoms with Crippen molar-refractivity contribution in [1.29, 1.82) is 0 Å². The number of fused-ring (bicyclic) bond motifs is 1. The Morgan fingerprint density at radius 2 is 1.70 bits per heavy atom. The number of aryl methyl sites for hydroxylation is 1. The van der Waals surface area contributed by atoms with Gasteiger partial charge in [-0.2, -0.15) is 0 Å². The smallest absolute Gasteiger partial charge is 0.324 e. The molecule has 3 aromatic rings. The average Bonchev–Trinajstić information content (AvgIpc) is 2.72. The molecule has 118 valence electrons. The number of amides is 1. The molecule has 0 bridgehead atoms. The molecule has 0 aliphatic heterocycles. The van der Waals surface area contributed by atoms with Gasteiger partial charge in [-0.1, -0.05) is 12.1 Å². The van der Waals surface area contributed by atoms with Gasteiger partial charge in [-0.25, -0.2) is 13.6 Å². The molecule has 0 unspecified atom stereocenters. The van der Waals surface area contributed by atoms with Gasteiger partial charge in [-0.05, 0) is 24.3 Å². The van der Waals surface area contributed by atoms with E-state index in [9.17, 15) is 18.4 Å². The number of nitrogens with zero attached hydrogens (tertiary/aromatic N) is 2. The Morgan fingerprint density at radius 1 is 1.09 bits per heavy atom. The number of carbonyl (C=O) groups is 1. The lowest BCUT2D eigenvalue weighted by molar-refractivity contribution is -0.116. The number of imidazole rings is 1. The third kappa shape index (κ3) is 2.85. The number of hydrogen-bond acceptors (Lipinski definition) is 2. The van der Waals surface area contributed by atoms with Crippen molar-refractivity contribution in [3.05, 3.63) is 64.6 Å². The minimum Gasteiger partial charge on any atom is -0.324 e. The second-order valence-corrected chi connectivity index (χ2v) is 5.12. The van der Waals surface area contributed by atoms with Gasteiger partial charge in [-0.3, -0.25) is 13.9 Å². The van der Waals surface area contributed by atoms with Gasteiger partial charge < -0.3 is 5.32 Å². The molecule has 0 spiro atoms. The maximum atomic E-state index is 13.1. The van der Waals surface area contributed by atoms with Crippen molar-refractivity contribution in [2.24, 2.45) is 7.05 Å². The molecular formula is C16H13F2N3O2. The van der Waals surface area contributed by atoms with E-state index in [0.29, 0.717) is 17.1 Å². The standard InChI is InChI=1S/C16H13F2N3O2/c1-20-13-4-2-3-5-14(13)21(16(20)23)9-15(22)19-12-7-10(17)6-11(18)8-12/h2-8H,9H2,1H3,(H,19,22). The number of halogens is 2. The largest absolute Gasteiger partial charge is 0.329 e. The number of rotatable bonds is 3. The molecule has 0 fully saturated rings. The lowest BCUT2D eigenvalue weighted by atomic mass is 10.3. The van der Waals surface area contributed by atoms with E-state index in [4.69, 9.17) is 0 Å². The molecule has 7 heteroatoms. The van der Waals surface area contributed by atoms with Crippen LogP contribution in [0.25, 0.3) is 11.0 Å². The zero-order chi connectivity index (χ0) is 16.6. The Labute approximate surface area is 129 Å². The minimum absolute atomic E-state index is 0.000727. The van der Waals surface area contributed by atoms with Crippen molar-refractivity contribution in [2.45, 2.75) is 6.54 Å². The second-order valence-electron chi connectivity index (χ2n) is 5.12. The number of aromatic nitrogens is 2. The predicted octanol–water partition coefficient (Wildman–Crippen LogP) is 2.26. The van der Waals surface area contributed by atoms with Gasteiger partial charge in [0, 0.05) is 18.8 Å². The van der Waals surface area contributed by atoms with Crippen LogP contribution in [0.5, 0.6) is 0 Å². The second kappa shape index (κ2) is 5.68. The summed E-state index contributed by atoms with van der Waals surface area (Å²) in [6, 6.07) is 9.78. The van der Waals surface area contributed by atoms with Gasteiger partial charge in [-0.15, -0.1) is 0 Å². The Hall–Kier alpha value is -2.96. The number of para-hydroxylation sites is 2. The summed E-state index contributed by atoms with van der Waals surface area (Å²) in [5.74, 6) is -2.13. The van der Waals surface area contributed by atoms with Crippen LogP contribution in [0.1, 0.15) is 0 Å². The predicted molar refractivity (Wildman–Crippen MR) is 82.2 cm³/mol. The van der Waals surface area contributed by atoms with Crippen LogP contribution in [0.4, 0.5) is 14.5 Å². The first kappa shape index (κ1) is 15.0. The summed E-state index contributed by atoms with van der Waals surface area (Å²) in [6.07, 6.45) is 0. The molecule has 0 radical (unpaired) electrons. The molecule has 0 saturated heterocycles. The zero-order valence-electron chi connectivity index (χ0n) is 12.2. The lowest BCUT2D eigenvalue weighted by Crippen LogP contribution is -2.28. The SMILES string of the molecule is Cn1c(=O)n(CC(=O)Nc2cc(F)cc(F)c2)c2ccccc21. The monoisotopic (exact) mass is 317 g/mol. The van der Waals surface area contributed by atoms with Crippen LogP contribution >= 0.6 is 0 Å². The third-order valence-corrected chi connectivity index (χ3v) is 3.50. The fourth-order valence-electron chi connectivity index (χ4n) is 2.49. The molecule has 0 saturated carbocycles. The molecular weight excluding hydrogens is 304 g/mol. The van der Waals surface area contributed by atoms with Crippen LogP contribution in [0.15, 0.2) is 47.3 Å². The maximum Gasteiger partial charge on any atom is 0.329 e. The molecule has 2 aromatic carbocycles. The fraction of sp³-hybridized carbons (Fsp3) is 0.125. The first-order chi connectivity index (χ1) is 11.0. The summed E-state index contributed by atoms with van der Waals surface area (Å²) >= 11 is 0. The van der Waals surface area contributed by atoms with Gasteiger partial charge in [0.05, 0.1) is 11.0 Å². The van der Waals surface area contributed by atoms with Crippen LogP contribution in [0.3, 0.4) is 0 Å². The summed E-state index contributed by atoms with van der Waals surface area (Å²) in [6.45, 7) is -0.252. The Bertz CT molecular complexity index is 939. The van der Waals surface area contributed by atoms with E-state index in [1.807, 2.05) is 0 Å². The summed E-state index contributed by atoms with van der Waals surface area (Å²) in [4.78, 5) is 24.3. The van der Waals surface area contributed by atoms with E-state index < -0.39 is 17.5 Å². The topological polar surface area (TPSA) is 56.0 Å². The molecule has 5 nitrogen and oxygen atoms in total. The summed E-state index contributed by atoms with van der Waals surface area (Å²) in [5.41, 5.74) is 0.968. The van der Waals surface area contributed by atoms with Crippen molar-refractivity contribution < 1.29 is 13.6 Å². The van der Waals surface area contributed by atoms with E-state index in [1.54, 1.807) is 31.3 Å². The van der Waals surface area contributed by atoms with E-state index in [2.05, 4.69) is 5.32 Å². The van der Waals surface area contributed by atoms with Gasteiger partial charge in [0.25, 0.3) is 0 Å². The minimum atomic E-state index is -0.789. The summed E-state index contributed by atoms with van der Waals surface area (Å²) in [7, 11) is 1.61. The highest BCUT2D eigenvalue weighted by molar-refractivity contribution is 5.91. The number of hydrogen-bond donors (Lipinski definition) is 1. The first-order valence-electron chi connectivity index (χ1n) is 6.86. The van der Waals surface area contributed by atoms with Gasteiger partial charge in [0.15, 0.2) is 0 Å². The Balaban J connectivity index is 1.89. The Morgan fingerprint density at radius 3 is 2.35 bits per heavy atom. The number of nitrogens with one attached hydrogen (secondary N) is 1. The van der Waals surface area contributed by atoms with Crippen molar-refractivity contribution in [3.8, 4) is 0 Å². The highest BCUT2D eigenvalue weighted by Gasteiger charge is 2.13. The van der Waals surface area contributed by atoms with E-state index in [-0.39, 0.29) is 17.9 Å². The van der Waals surface area contributed by atoms with Gasteiger partial charge in [0.2, 0.25) is 5.91 Å². The zero-order valence-corrected chi connectivity index (χ0v) is 12.2. The highest BCUT2D eigenvalue weighted by Crippen LogP contribution is 2.14. The highest BCUT2D eigenvalue weighted by atomic mass is 19.1. The fourth-order valence-corrected chi connectivity index (χ4v) is 2.49. The molecule has 1 aromatic heterocycles. The summed E-state index contributed by atoms with van der Waals surface area (Å²) in [5, 5.41) is 2.39. The number of carbonyl (C=O) groups excluding carboxylic acids is 1. The van der Waals surface area contributed by atoms with E-state index >= 15 is 0 Å². The normalized spacial score (nSPS) is 10.9. The molecule has 23 heavy (non-hydrogen) atoms. The number of benzene rings is 2. The maximum absolute atomic E-state index is 13.1. The van der Waals surface area contributed by atoms with Crippen LogP contribution in [0.2, 0.25) is 0 Å². The van der Waals surface area contributed by atoms with Gasteiger partial charge >= 0.3 is 5.69 Å². The quantitative estimate of drug-likeness (QED) is 0.805. The van der Waals surface area contributed by atoms with Crippen molar-refractivity contribution >= 4 is 22.6 Å². The molecule has 3 rings (SSSR count). The molecule has 1 amide bonds. The van der Waals surface area contributed by atoms with E-state index in [1.165, 1.54) is 9.13 Å². The van der Waals surface area contributed by atoms with Gasteiger partial charge in [0.1, 0.15) is 18.2 Å². The summed E-state index contributed by atoms with van der Waals surface area (Å²) < 4.78 is 29.0. The Kier molecular flexibility index (Phi) is 3.69. The molecule has 1 heterocycles. The van der Waals surface area contributed by atoms with Crippen molar-refractivity contribution in [3.63, 3.8) is 0 Å². The van der Waals surface area contributed by atoms with Crippen LogP contribution in [-0.2, 0) is 18.4 Å². The van der Waals surface area contributed by atoms with Crippen LogP contribution in [-0.4, -0.2) is 15.0 Å². The lowest BCUT2D eigenvalue weighted by Gasteiger charge is -2.06. The average molecular weight is 317 g/mol. The van der Waals surface area contributed by atoms with Crippen molar-refractivity contribution in [2.75, 3.05) is 5.32 Å². The molecule has 0 aliphatic carbocycles. The first-order valence-corrected chi connectivity index (χ1v) is 6.86.